The van der Waals surface area contributed by atoms with Gasteiger partial charge in [0.1, 0.15) is 12.2 Å². The number of Topliss-reactive ketones (excluding diaryl/α,β-unsaturated/α-hetero) is 1. The Morgan fingerprint density at radius 1 is 1.29 bits per heavy atom. The third-order valence-electron chi connectivity index (χ3n) is 7.93. The lowest BCUT2D eigenvalue weighted by atomic mass is 9.48. The van der Waals surface area contributed by atoms with Gasteiger partial charge in [-0.1, -0.05) is 26.3 Å². The predicted molar refractivity (Wildman–Crippen MR) is 114 cm³/mol. The van der Waals surface area contributed by atoms with Gasteiger partial charge < -0.3 is 24.4 Å². The van der Waals surface area contributed by atoms with Crippen molar-refractivity contribution in [3.05, 3.63) is 11.1 Å². The van der Waals surface area contributed by atoms with Gasteiger partial charge in [-0.25, -0.2) is 0 Å². The van der Waals surface area contributed by atoms with Crippen molar-refractivity contribution in [3.8, 4) is 0 Å². The summed E-state index contributed by atoms with van der Waals surface area (Å²) in [6, 6.07) is 0. The van der Waals surface area contributed by atoms with Gasteiger partial charge in [0.2, 0.25) is 0 Å². The summed E-state index contributed by atoms with van der Waals surface area (Å²) < 4.78 is 16.7. The lowest BCUT2D eigenvalue weighted by molar-refractivity contribution is -0.178. The molecule has 7 nitrogen and oxygen atoms in total. The fraction of sp³-hybridized carbons (Fsp3) is 0.833. The van der Waals surface area contributed by atoms with Crippen LogP contribution in [-0.4, -0.2) is 59.3 Å². The highest BCUT2D eigenvalue weighted by Crippen LogP contribution is 2.60. The molecule has 0 amide bonds. The molecule has 0 aromatic rings. The number of hydrogen-bond donors (Lipinski definition) is 2. The van der Waals surface area contributed by atoms with Gasteiger partial charge in [0.15, 0.2) is 12.1 Å². The van der Waals surface area contributed by atoms with Gasteiger partial charge in [0.25, 0.3) is 0 Å². The zero-order valence-electron chi connectivity index (χ0n) is 19.7. The maximum Gasteiger partial charge on any atom is 0.302 e. The highest BCUT2D eigenvalue weighted by Gasteiger charge is 2.60. The van der Waals surface area contributed by atoms with Crippen LogP contribution < -0.4 is 0 Å². The van der Waals surface area contributed by atoms with E-state index in [4.69, 9.17) is 14.2 Å². The fourth-order valence-electron chi connectivity index (χ4n) is 6.41. The van der Waals surface area contributed by atoms with Crippen molar-refractivity contribution in [2.45, 2.75) is 97.7 Å². The van der Waals surface area contributed by atoms with Crippen LogP contribution in [-0.2, 0) is 23.8 Å². The average molecular weight is 439 g/mol. The van der Waals surface area contributed by atoms with Crippen molar-refractivity contribution in [2.75, 3.05) is 13.2 Å². The monoisotopic (exact) mass is 438 g/mol. The van der Waals surface area contributed by atoms with Crippen molar-refractivity contribution in [3.63, 3.8) is 0 Å². The summed E-state index contributed by atoms with van der Waals surface area (Å²) in [6.07, 6.45) is 0.883. The van der Waals surface area contributed by atoms with Gasteiger partial charge in [0, 0.05) is 31.3 Å². The molecule has 1 aliphatic heterocycles. The first kappa shape index (κ1) is 24.4. The molecule has 0 aromatic carbocycles. The van der Waals surface area contributed by atoms with Crippen LogP contribution in [0.3, 0.4) is 0 Å². The summed E-state index contributed by atoms with van der Waals surface area (Å²) >= 11 is 0. The van der Waals surface area contributed by atoms with Crippen molar-refractivity contribution >= 4 is 11.8 Å². The van der Waals surface area contributed by atoms with Crippen LogP contribution in [0.2, 0.25) is 0 Å². The molecule has 3 rings (SSSR count). The standard InChI is InChI=1S/C24H38O7/c1-7-29-18-12-24(28,13-30-18)11-8-16-14(2)19(26)20(27)21-22(4,5)17(31-15(3)25)9-10-23(16,21)6/h17-18,20-21,27-28H,7-13H2,1-6H3/t17-,18?,20-,21+,23-,24?/m1/s1. The first-order valence-electron chi connectivity index (χ1n) is 11.4. The minimum absolute atomic E-state index is 0.209. The number of esters is 1. The maximum atomic E-state index is 13.0. The second-order valence-electron chi connectivity index (χ2n) is 10.4. The van der Waals surface area contributed by atoms with Crippen molar-refractivity contribution < 1.29 is 34.0 Å². The minimum Gasteiger partial charge on any atom is -0.462 e. The second-order valence-corrected chi connectivity index (χ2v) is 10.4. The maximum absolute atomic E-state index is 13.0. The van der Waals surface area contributed by atoms with Crippen LogP contribution in [0.1, 0.15) is 73.6 Å². The predicted octanol–water partition coefficient (Wildman–Crippen LogP) is 2.91. The third-order valence-corrected chi connectivity index (χ3v) is 7.93. The van der Waals surface area contributed by atoms with Crippen molar-refractivity contribution in [2.24, 2.45) is 16.7 Å². The first-order valence-corrected chi connectivity index (χ1v) is 11.4. The summed E-state index contributed by atoms with van der Waals surface area (Å²) in [5, 5.41) is 22.1. The quantitative estimate of drug-likeness (QED) is 0.615. The molecule has 2 unspecified atom stereocenters. The largest absolute Gasteiger partial charge is 0.462 e. The number of carbonyl (C=O) groups excluding carboxylic acids is 2. The molecule has 31 heavy (non-hydrogen) atoms. The van der Waals surface area contributed by atoms with Gasteiger partial charge in [-0.2, -0.15) is 0 Å². The summed E-state index contributed by atoms with van der Waals surface area (Å²) in [6.45, 7) is 11.9. The Kier molecular flexibility index (Phi) is 6.74. The van der Waals surface area contributed by atoms with E-state index in [0.29, 0.717) is 44.3 Å². The molecule has 6 atom stereocenters. The zero-order valence-corrected chi connectivity index (χ0v) is 19.7. The van der Waals surface area contributed by atoms with E-state index in [-0.39, 0.29) is 30.4 Å². The molecule has 1 saturated carbocycles. The van der Waals surface area contributed by atoms with E-state index in [1.54, 1.807) is 6.92 Å². The van der Waals surface area contributed by atoms with Gasteiger partial charge in [-0.15, -0.1) is 0 Å². The molecule has 2 N–H and O–H groups in total. The number of carbonyl (C=O) groups is 2. The van der Waals surface area contributed by atoms with E-state index < -0.39 is 28.8 Å². The van der Waals surface area contributed by atoms with Crippen LogP contribution in [0.25, 0.3) is 0 Å². The Hall–Kier alpha value is -1.28. The van der Waals surface area contributed by atoms with E-state index in [1.807, 2.05) is 20.8 Å². The molecule has 7 heteroatoms. The highest BCUT2D eigenvalue weighted by molar-refractivity contribution is 6.00. The number of fused-ring (bicyclic) bond motifs is 1. The SMILES string of the molecule is CCOC1CC(O)(CCC2=C(C)C(=O)[C@@H](O)[C@H]3C(C)(C)[C@H](OC(C)=O)CC[C@]23C)CO1. The van der Waals surface area contributed by atoms with E-state index in [1.165, 1.54) is 6.92 Å². The van der Waals surface area contributed by atoms with Crippen molar-refractivity contribution in [1.29, 1.82) is 0 Å². The van der Waals surface area contributed by atoms with E-state index in [9.17, 15) is 19.8 Å². The molecule has 0 bridgehead atoms. The summed E-state index contributed by atoms with van der Waals surface area (Å²) in [4.78, 5) is 24.7. The van der Waals surface area contributed by atoms with Gasteiger partial charge in [-0.05, 0) is 50.5 Å². The van der Waals surface area contributed by atoms with Crippen molar-refractivity contribution in [1.82, 2.24) is 0 Å². The number of aliphatic hydroxyl groups is 2. The zero-order chi connectivity index (χ0) is 23.2. The van der Waals surface area contributed by atoms with Gasteiger partial charge in [-0.3, -0.25) is 9.59 Å². The Balaban J connectivity index is 1.87. The molecule has 0 radical (unpaired) electrons. The Bertz CT molecular complexity index is 757. The molecule has 0 spiro atoms. The Morgan fingerprint density at radius 3 is 2.58 bits per heavy atom. The molecule has 176 valence electrons. The number of allylic oxidation sites excluding steroid dienone is 1. The molecule has 2 fully saturated rings. The highest BCUT2D eigenvalue weighted by atomic mass is 16.7. The van der Waals surface area contributed by atoms with Crippen LogP contribution >= 0.6 is 0 Å². The molecular formula is C24H38O7. The lowest BCUT2D eigenvalue weighted by Crippen LogP contribution is -2.60. The molecule has 1 heterocycles. The third kappa shape index (κ3) is 4.34. The van der Waals surface area contributed by atoms with Gasteiger partial charge >= 0.3 is 5.97 Å². The minimum atomic E-state index is -1.14. The topological polar surface area (TPSA) is 102 Å². The summed E-state index contributed by atoms with van der Waals surface area (Å²) in [5.41, 5.74) is -0.408. The smallest absolute Gasteiger partial charge is 0.302 e. The number of rotatable bonds is 6. The van der Waals surface area contributed by atoms with Crippen LogP contribution in [0.4, 0.5) is 0 Å². The van der Waals surface area contributed by atoms with E-state index >= 15 is 0 Å². The Labute approximate surface area is 185 Å². The first-order chi connectivity index (χ1) is 14.4. The normalized spacial score (nSPS) is 40.1. The lowest BCUT2D eigenvalue weighted by Gasteiger charge is -2.58. The molecule has 2 aliphatic carbocycles. The number of ether oxygens (including phenoxy) is 3. The second kappa shape index (κ2) is 8.58. The average Bonchev–Trinajstić information content (AvgIpc) is 3.03. The number of ketones is 1. The molecule has 3 aliphatic rings. The Morgan fingerprint density at radius 2 is 1.97 bits per heavy atom. The fourth-order valence-corrected chi connectivity index (χ4v) is 6.41. The van der Waals surface area contributed by atoms with Crippen LogP contribution in [0.15, 0.2) is 11.1 Å². The van der Waals surface area contributed by atoms with Gasteiger partial charge in [0.05, 0.1) is 12.2 Å². The van der Waals surface area contributed by atoms with E-state index in [2.05, 4.69) is 6.92 Å². The summed E-state index contributed by atoms with van der Waals surface area (Å²) in [7, 11) is 0. The molecule has 0 aromatic heterocycles. The van der Waals surface area contributed by atoms with Crippen LogP contribution in [0, 0.1) is 16.7 Å². The number of aliphatic hydroxyl groups excluding tert-OH is 1. The van der Waals surface area contributed by atoms with E-state index in [0.717, 1.165) is 5.57 Å². The number of hydrogen-bond acceptors (Lipinski definition) is 7. The van der Waals surface area contributed by atoms with Crippen LogP contribution in [0.5, 0.6) is 0 Å². The molecule has 1 saturated heterocycles. The summed E-state index contributed by atoms with van der Waals surface area (Å²) in [5.74, 6) is -0.997. The molecular weight excluding hydrogens is 400 g/mol.